The van der Waals surface area contributed by atoms with Crippen LogP contribution in [0.25, 0.3) is 27.6 Å². The fraction of sp³-hybridized carbons (Fsp3) is 0.320. The van der Waals surface area contributed by atoms with Crippen LogP contribution in [0.3, 0.4) is 0 Å². The molecule has 1 aliphatic carbocycles. The molecular formula is C25H26Cl2N4O3. The summed E-state index contributed by atoms with van der Waals surface area (Å²) >= 11 is 13.3. The highest BCUT2D eigenvalue weighted by molar-refractivity contribution is 6.41. The molecule has 4 rings (SSSR count). The molecule has 9 heteroatoms. The largest absolute Gasteiger partial charge is 0.495 e. The Bertz CT molecular complexity index is 1320. The summed E-state index contributed by atoms with van der Waals surface area (Å²) in [6.45, 7) is 0. The lowest BCUT2D eigenvalue weighted by Crippen LogP contribution is -2.25. The first-order valence-corrected chi connectivity index (χ1v) is 11.7. The lowest BCUT2D eigenvalue weighted by atomic mass is 10.0. The molecule has 1 fully saturated rings. The summed E-state index contributed by atoms with van der Waals surface area (Å²) in [4.78, 5) is 18.6. The van der Waals surface area contributed by atoms with Crippen LogP contribution in [0.1, 0.15) is 37.4 Å². The van der Waals surface area contributed by atoms with E-state index in [1.807, 2.05) is 10.6 Å². The number of rotatable bonds is 7. The van der Waals surface area contributed by atoms with Crippen molar-refractivity contribution in [2.45, 2.75) is 31.7 Å². The van der Waals surface area contributed by atoms with Gasteiger partial charge in [0, 0.05) is 54.3 Å². The van der Waals surface area contributed by atoms with Gasteiger partial charge in [0.2, 0.25) is 0 Å². The zero-order chi connectivity index (χ0) is 24.4. The third-order valence-corrected chi connectivity index (χ3v) is 6.95. The second kappa shape index (κ2) is 10.1. The van der Waals surface area contributed by atoms with E-state index < -0.39 is 0 Å². The second-order valence-corrected chi connectivity index (χ2v) is 8.87. The van der Waals surface area contributed by atoms with E-state index in [0.29, 0.717) is 33.9 Å². The zero-order valence-electron chi connectivity index (χ0n) is 19.2. The smallest absolute Gasteiger partial charge is 0.259 e. The number of benzene rings is 1. The molecule has 178 valence electrons. The van der Waals surface area contributed by atoms with Crippen molar-refractivity contribution in [1.29, 1.82) is 5.41 Å². The molecule has 3 aromatic rings. The van der Waals surface area contributed by atoms with Crippen LogP contribution in [0.5, 0.6) is 11.5 Å². The average molecular weight is 501 g/mol. The molecule has 7 nitrogen and oxygen atoms in total. The Morgan fingerprint density at radius 3 is 2.35 bits per heavy atom. The molecule has 1 saturated carbocycles. The first-order valence-electron chi connectivity index (χ1n) is 11.0. The van der Waals surface area contributed by atoms with Gasteiger partial charge in [-0.15, -0.1) is 0 Å². The fourth-order valence-electron chi connectivity index (χ4n) is 4.56. The maximum atomic E-state index is 14.0. The summed E-state index contributed by atoms with van der Waals surface area (Å²) in [7, 11) is 4.77. The Morgan fingerprint density at radius 1 is 1.15 bits per heavy atom. The van der Waals surface area contributed by atoms with Crippen molar-refractivity contribution in [3.8, 4) is 22.6 Å². The third-order valence-electron chi connectivity index (χ3n) is 6.20. The van der Waals surface area contributed by atoms with E-state index in [9.17, 15) is 4.79 Å². The lowest BCUT2D eigenvalue weighted by molar-refractivity contribution is 0.395. The summed E-state index contributed by atoms with van der Waals surface area (Å²) in [6.07, 6.45) is 8.58. The zero-order valence-corrected chi connectivity index (χ0v) is 20.8. The van der Waals surface area contributed by atoms with Crippen molar-refractivity contribution in [2.24, 2.45) is 0 Å². The van der Waals surface area contributed by atoms with Crippen LogP contribution in [0.4, 0.5) is 0 Å². The van der Waals surface area contributed by atoms with Gasteiger partial charge in [0.25, 0.3) is 5.56 Å². The molecule has 0 atom stereocenters. The monoisotopic (exact) mass is 500 g/mol. The first kappa shape index (κ1) is 24.1. The van der Waals surface area contributed by atoms with Gasteiger partial charge in [0.15, 0.2) is 0 Å². The van der Waals surface area contributed by atoms with Gasteiger partial charge in [-0.05, 0) is 25.0 Å². The number of hydrogen-bond donors (Lipinski definition) is 2. The number of aromatic nitrogens is 2. The minimum absolute atomic E-state index is 0.0481. The molecule has 0 bridgehead atoms. The molecule has 1 aliphatic rings. The van der Waals surface area contributed by atoms with Crippen molar-refractivity contribution in [3.05, 3.63) is 56.7 Å². The lowest BCUT2D eigenvalue weighted by Gasteiger charge is -2.21. The minimum Gasteiger partial charge on any atom is -0.495 e. The fourth-order valence-corrected chi connectivity index (χ4v) is 5.27. The highest BCUT2D eigenvalue weighted by atomic mass is 35.5. The molecule has 0 radical (unpaired) electrons. The van der Waals surface area contributed by atoms with Crippen molar-refractivity contribution >= 4 is 45.9 Å². The maximum Gasteiger partial charge on any atom is 0.259 e. The number of allylic oxidation sites excluding steroid dienone is 1. The average Bonchev–Trinajstić information content (AvgIpc) is 3.37. The van der Waals surface area contributed by atoms with Crippen LogP contribution >= 0.6 is 23.2 Å². The van der Waals surface area contributed by atoms with Crippen LogP contribution in [-0.2, 0) is 0 Å². The minimum atomic E-state index is -0.190. The molecule has 1 aromatic carbocycles. The normalized spacial score (nSPS) is 14.4. The Kier molecular flexibility index (Phi) is 7.14. The molecule has 2 heterocycles. The summed E-state index contributed by atoms with van der Waals surface area (Å²) in [5.41, 5.74) is 2.52. The van der Waals surface area contributed by atoms with Gasteiger partial charge in [0.05, 0.1) is 41.0 Å². The molecule has 2 N–H and O–H groups in total. The number of fused-ring (bicyclic) bond motifs is 1. The van der Waals surface area contributed by atoms with Crippen molar-refractivity contribution in [3.63, 3.8) is 0 Å². The molecule has 34 heavy (non-hydrogen) atoms. The van der Waals surface area contributed by atoms with E-state index >= 15 is 0 Å². The quantitative estimate of drug-likeness (QED) is 0.405. The summed E-state index contributed by atoms with van der Waals surface area (Å²) < 4.78 is 12.7. The van der Waals surface area contributed by atoms with Crippen LogP contribution in [0, 0.1) is 5.41 Å². The predicted octanol–water partition coefficient (Wildman–Crippen LogP) is 5.71. The van der Waals surface area contributed by atoms with Crippen molar-refractivity contribution < 1.29 is 9.47 Å². The van der Waals surface area contributed by atoms with E-state index in [4.69, 9.17) is 38.1 Å². The number of nitrogens with zero attached hydrogens (tertiary/aromatic N) is 2. The van der Waals surface area contributed by atoms with Crippen molar-refractivity contribution in [2.75, 3.05) is 21.3 Å². The summed E-state index contributed by atoms with van der Waals surface area (Å²) in [5, 5.41) is 11.9. The highest BCUT2D eigenvalue weighted by Crippen LogP contribution is 2.46. The number of ether oxygens (including phenoxy) is 2. The second-order valence-electron chi connectivity index (χ2n) is 8.12. The Labute approximate surface area is 207 Å². The summed E-state index contributed by atoms with van der Waals surface area (Å²) in [5.74, 6) is 0.734. The van der Waals surface area contributed by atoms with E-state index in [0.717, 1.165) is 36.6 Å². The van der Waals surface area contributed by atoms with E-state index in [1.165, 1.54) is 20.4 Å². The topological polar surface area (TPSA) is 89.2 Å². The standard InChI is InChI=1S/C25H26Cl2N4O3/c1-29-12-15(11-28)18-9-19-14(13-30-18)8-17(25(32)31(19)16-6-4-5-7-16)22-23(26)20(33-2)10-21(34-3)24(22)27/h8-13,16,28-29H,4-7H2,1-3H3/b15-12+,28-11?. The molecule has 0 saturated heterocycles. The van der Waals surface area contributed by atoms with Crippen molar-refractivity contribution in [1.82, 2.24) is 14.9 Å². The number of halogens is 2. The van der Waals surface area contributed by atoms with Crippen LogP contribution in [0.15, 0.2) is 35.4 Å². The Hall–Kier alpha value is -3.03. The molecule has 0 amide bonds. The van der Waals surface area contributed by atoms with Gasteiger partial charge < -0.3 is 24.8 Å². The van der Waals surface area contributed by atoms with Gasteiger partial charge in [-0.2, -0.15) is 0 Å². The number of methoxy groups -OCH3 is 2. The van der Waals surface area contributed by atoms with Crippen LogP contribution in [-0.4, -0.2) is 37.0 Å². The number of pyridine rings is 2. The molecular weight excluding hydrogens is 475 g/mol. The SMILES string of the molecule is CN/C=C(\C=N)c1cc2c(cn1)cc(-c1c(Cl)c(OC)cc(OC)c1Cl)c(=O)n2C1CCCC1. The highest BCUT2D eigenvalue weighted by Gasteiger charge is 2.26. The van der Waals surface area contributed by atoms with Gasteiger partial charge in [-0.3, -0.25) is 9.78 Å². The van der Waals surface area contributed by atoms with Gasteiger partial charge in [0.1, 0.15) is 11.5 Å². The Balaban J connectivity index is 2.07. The predicted molar refractivity (Wildman–Crippen MR) is 138 cm³/mol. The van der Waals surface area contributed by atoms with E-state index in [1.54, 1.807) is 31.6 Å². The summed E-state index contributed by atoms with van der Waals surface area (Å²) in [6, 6.07) is 5.28. The molecule has 2 aromatic heterocycles. The molecule has 0 unspecified atom stereocenters. The first-order chi connectivity index (χ1) is 16.4. The van der Waals surface area contributed by atoms with Crippen LogP contribution in [0.2, 0.25) is 10.0 Å². The number of hydrogen-bond acceptors (Lipinski definition) is 6. The van der Waals surface area contributed by atoms with Gasteiger partial charge in [-0.1, -0.05) is 36.0 Å². The van der Waals surface area contributed by atoms with E-state index in [2.05, 4.69) is 10.3 Å². The molecule has 0 spiro atoms. The third kappa shape index (κ3) is 4.14. The van der Waals surface area contributed by atoms with Gasteiger partial charge in [-0.25, -0.2) is 0 Å². The van der Waals surface area contributed by atoms with Gasteiger partial charge >= 0.3 is 0 Å². The maximum absolute atomic E-state index is 14.0. The van der Waals surface area contributed by atoms with Crippen LogP contribution < -0.4 is 20.3 Å². The van der Waals surface area contributed by atoms with E-state index in [-0.39, 0.29) is 21.6 Å². The number of nitrogens with one attached hydrogen (secondary N) is 2. The Morgan fingerprint density at radius 2 is 1.79 bits per heavy atom. The molecule has 0 aliphatic heterocycles.